The zero-order chi connectivity index (χ0) is 18.3. The lowest BCUT2D eigenvalue weighted by atomic mass is 9.95. The molecular weight excluding hydrogens is 329 g/mol. The first-order valence-corrected chi connectivity index (χ1v) is 8.30. The second-order valence-electron chi connectivity index (χ2n) is 6.42. The molecule has 6 heteroatoms. The zero-order valence-corrected chi connectivity index (χ0v) is 14.4. The van der Waals surface area contributed by atoms with Gasteiger partial charge in [0.1, 0.15) is 28.9 Å². The first kappa shape index (κ1) is 16.0. The number of H-pyrrole nitrogens is 1. The van der Waals surface area contributed by atoms with Gasteiger partial charge in [-0.1, -0.05) is 13.8 Å². The van der Waals surface area contributed by atoms with E-state index in [-0.39, 0.29) is 11.7 Å². The molecule has 0 unspecified atom stereocenters. The molecule has 3 heterocycles. The SMILES string of the molecule is CC(C)c1[nH]nc(-c2ccc(F)cc2)c1-c1ccc2ncc(C#N)n2c1. The van der Waals surface area contributed by atoms with Gasteiger partial charge in [0.25, 0.3) is 0 Å². The first-order chi connectivity index (χ1) is 12.6. The number of hydrogen-bond acceptors (Lipinski definition) is 3. The molecule has 26 heavy (non-hydrogen) atoms. The molecule has 0 amide bonds. The lowest BCUT2D eigenvalue weighted by molar-refractivity contribution is 0.628. The Bertz CT molecular complexity index is 1130. The van der Waals surface area contributed by atoms with Crippen LogP contribution in [0.25, 0.3) is 28.0 Å². The van der Waals surface area contributed by atoms with Crippen LogP contribution in [0.5, 0.6) is 0 Å². The normalized spacial score (nSPS) is 11.2. The Morgan fingerprint density at radius 2 is 1.85 bits per heavy atom. The van der Waals surface area contributed by atoms with Crippen LogP contribution in [0.3, 0.4) is 0 Å². The number of nitrogens with zero attached hydrogens (tertiary/aromatic N) is 4. The number of hydrogen-bond donors (Lipinski definition) is 1. The zero-order valence-electron chi connectivity index (χ0n) is 14.4. The van der Waals surface area contributed by atoms with Gasteiger partial charge in [-0.25, -0.2) is 9.37 Å². The maximum absolute atomic E-state index is 13.3. The molecule has 0 saturated heterocycles. The largest absolute Gasteiger partial charge is 0.291 e. The first-order valence-electron chi connectivity index (χ1n) is 8.30. The van der Waals surface area contributed by atoms with Crippen LogP contribution in [0, 0.1) is 17.1 Å². The van der Waals surface area contributed by atoms with Crippen molar-refractivity contribution in [1.29, 1.82) is 5.26 Å². The van der Waals surface area contributed by atoms with Crippen molar-refractivity contribution in [2.75, 3.05) is 0 Å². The molecule has 1 N–H and O–H groups in total. The topological polar surface area (TPSA) is 69.8 Å². The van der Waals surface area contributed by atoms with Gasteiger partial charge in [-0.3, -0.25) is 9.50 Å². The third kappa shape index (κ3) is 2.54. The van der Waals surface area contributed by atoms with Crippen LogP contribution in [0.1, 0.15) is 31.2 Å². The molecule has 4 aromatic rings. The van der Waals surface area contributed by atoms with E-state index in [2.05, 4.69) is 35.1 Å². The summed E-state index contributed by atoms with van der Waals surface area (Å²) in [5, 5.41) is 16.9. The van der Waals surface area contributed by atoms with Crippen LogP contribution >= 0.6 is 0 Å². The Morgan fingerprint density at radius 3 is 2.54 bits per heavy atom. The van der Waals surface area contributed by atoms with E-state index in [4.69, 9.17) is 0 Å². The van der Waals surface area contributed by atoms with Crippen molar-refractivity contribution in [3.05, 3.63) is 66.0 Å². The van der Waals surface area contributed by atoms with E-state index in [1.807, 2.05) is 18.3 Å². The van der Waals surface area contributed by atoms with E-state index in [1.54, 1.807) is 22.7 Å². The predicted molar refractivity (Wildman–Crippen MR) is 97.0 cm³/mol. The van der Waals surface area contributed by atoms with Crippen molar-refractivity contribution >= 4 is 5.65 Å². The summed E-state index contributed by atoms with van der Waals surface area (Å²) in [5.74, 6) is -0.0611. The Hall–Kier alpha value is -3.46. The Balaban J connectivity index is 1.96. The van der Waals surface area contributed by atoms with Crippen LogP contribution in [-0.4, -0.2) is 19.6 Å². The summed E-state index contributed by atoms with van der Waals surface area (Å²) in [4.78, 5) is 4.24. The number of nitriles is 1. The minimum absolute atomic E-state index is 0.223. The molecule has 0 fully saturated rings. The molecule has 1 aromatic carbocycles. The van der Waals surface area contributed by atoms with E-state index in [9.17, 15) is 9.65 Å². The summed E-state index contributed by atoms with van der Waals surface area (Å²) < 4.78 is 15.1. The summed E-state index contributed by atoms with van der Waals surface area (Å²) in [6.45, 7) is 4.17. The number of benzene rings is 1. The summed E-state index contributed by atoms with van der Waals surface area (Å²) in [7, 11) is 0. The minimum Gasteiger partial charge on any atom is -0.291 e. The smallest absolute Gasteiger partial charge is 0.144 e. The van der Waals surface area contributed by atoms with Crippen molar-refractivity contribution in [2.45, 2.75) is 19.8 Å². The predicted octanol–water partition coefficient (Wildman–Crippen LogP) is 4.53. The molecule has 0 spiro atoms. The maximum atomic E-state index is 13.3. The van der Waals surface area contributed by atoms with Crippen LogP contribution in [0.2, 0.25) is 0 Å². The summed E-state index contributed by atoms with van der Waals surface area (Å²) in [6.07, 6.45) is 3.45. The average molecular weight is 345 g/mol. The third-order valence-electron chi connectivity index (χ3n) is 4.40. The van der Waals surface area contributed by atoms with Crippen molar-refractivity contribution < 1.29 is 4.39 Å². The molecule has 128 valence electrons. The number of fused-ring (bicyclic) bond motifs is 1. The van der Waals surface area contributed by atoms with Gasteiger partial charge in [0.2, 0.25) is 0 Å². The second-order valence-corrected chi connectivity index (χ2v) is 6.42. The highest BCUT2D eigenvalue weighted by Crippen LogP contribution is 2.36. The van der Waals surface area contributed by atoms with Gasteiger partial charge in [-0.05, 0) is 42.3 Å². The van der Waals surface area contributed by atoms with Crippen molar-refractivity contribution in [2.24, 2.45) is 0 Å². The van der Waals surface area contributed by atoms with Gasteiger partial charge >= 0.3 is 0 Å². The molecule has 4 rings (SSSR count). The van der Waals surface area contributed by atoms with Gasteiger partial charge in [0.05, 0.1) is 6.20 Å². The molecule has 0 aliphatic heterocycles. The Labute approximate surface area is 149 Å². The minimum atomic E-state index is -0.284. The fourth-order valence-electron chi connectivity index (χ4n) is 3.09. The van der Waals surface area contributed by atoms with Gasteiger partial charge in [-0.2, -0.15) is 10.4 Å². The van der Waals surface area contributed by atoms with Crippen molar-refractivity contribution in [1.82, 2.24) is 19.6 Å². The molecule has 0 saturated carbocycles. The molecular formula is C20H16FN5. The molecule has 0 atom stereocenters. The number of nitrogens with one attached hydrogen (secondary N) is 1. The fourth-order valence-corrected chi connectivity index (χ4v) is 3.09. The van der Waals surface area contributed by atoms with Crippen molar-refractivity contribution in [3.63, 3.8) is 0 Å². The van der Waals surface area contributed by atoms with Crippen LogP contribution in [-0.2, 0) is 0 Å². The molecule has 3 aromatic heterocycles. The Morgan fingerprint density at radius 1 is 1.12 bits per heavy atom. The summed E-state index contributed by atoms with van der Waals surface area (Å²) in [5.41, 5.74) is 5.63. The second kappa shape index (κ2) is 6.12. The summed E-state index contributed by atoms with van der Waals surface area (Å²) in [6, 6.07) is 12.3. The highest BCUT2D eigenvalue weighted by Gasteiger charge is 2.19. The third-order valence-corrected chi connectivity index (χ3v) is 4.40. The molecule has 0 aliphatic carbocycles. The number of aromatic amines is 1. The number of aromatic nitrogens is 4. The standard InChI is InChI=1S/C20H16FN5/c1-12(2)19-18(20(25-24-19)13-3-6-15(21)7-4-13)14-5-8-17-23-10-16(9-22)26(17)11-14/h3-8,10-12H,1-2H3,(H,24,25). The fraction of sp³-hybridized carbons (Fsp3) is 0.150. The van der Waals surface area contributed by atoms with Gasteiger partial charge in [0, 0.05) is 28.6 Å². The molecule has 0 radical (unpaired) electrons. The molecule has 0 bridgehead atoms. The quantitative estimate of drug-likeness (QED) is 0.593. The van der Waals surface area contributed by atoms with Crippen LogP contribution in [0.15, 0.2) is 48.8 Å². The monoisotopic (exact) mass is 345 g/mol. The molecule has 5 nitrogen and oxygen atoms in total. The van der Waals surface area contributed by atoms with Gasteiger partial charge < -0.3 is 0 Å². The summed E-state index contributed by atoms with van der Waals surface area (Å²) >= 11 is 0. The van der Waals surface area contributed by atoms with Crippen molar-refractivity contribution in [3.8, 4) is 28.5 Å². The number of imidazole rings is 1. The highest BCUT2D eigenvalue weighted by atomic mass is 19.1. The number of pyridine rings is 1. The number of rotatable bonds is 3. The highest BCUT2D eigenvalue weighted by molar-refractivity contribution is 5.83. The van der Waals surface area contributed by atoms with E-state index in [0.29, 0.717) is 11.3 Å². The lowest BCUT2D eigenvalue weighted by Gasteiger charge is -2.10. The lowest BCUT2D eigenvalue weighted by Crippen LogP contribution is -1.95. The van der Waals surface area contributed by atoms with Gasteiger partial charge in [-0.15, -0.1) is 0 Å². The molecule has 0 aliphatic rings. The Kier molecular flexibility index (Phi) is 3.77. The van der Waals surface area contributed by atoms with Crippen LogP contribution < -0.4 is 0 Å². The maximum Gasteiger partial charge on any atom is 0.144 e. The van der Waals surface area contributed by atoms with Gasteiger partial charge in [0.15, 0.2) is 0 Å². The van der Waals surface area contributed by atoms with E-state index in [0.717, 1.165) is 28.1 Å². The van der Waals surface area contributed by atoms with E-state index < -0.39 is 0 Å². The van der Waals surface area contributed by atoms with E-state index in [1.165, 1.54) is 12.1 Å². The average Bonchev–Trinajstić information content (AvgIpc) is 3.25. The number of halogens is 1. The van der Waals surface area contributed by atoms with Crippen LogP contribution in [0.4, 0.5) is 4.39 Å². The van der Waals surface area contributed by atoms with E-state index >= 15 is 0 Å².